The highest BCUT2D eigenvalue weighted by atomic mass is 19.4. The third kappa shape index (κ3) is 6.03. The molecule has 0 N–H and O–H groups in total. The van der Waals surface area contributed by atoms with Gasteiger partial charge in [0.15, 0.2) is 5.82 Å². The van der Waals surface area contributed by atoms with Crippen LogP contribution in [0, 0.1) is 11.3 Å². The maximum absolute atomic E-state index is 14.1. The average Bonchev–Trinajstić information content (AvgIpc) is 3.78. The fraction of sp³-hybridized carbons (Fsp3) is 0.0408. The van der Waals surface area contributed by atoms with E-state index < -0.39 is 23.5 Å². The van der Waals surface area contributed by atoms with Crippen molar-refractivity contribution in [2.75, 3.05) is 0 Å². The third-order valence-corrected chi connectivity index (χ3v) is 10.8. The SMILES string of the molecule is N#Cc1c(-n2c3ccccc3c3cc(C(F)(F)F)ccc32)cc(-c2nc(-c3ccccc3)cc(-c3ccccc3)n2)cc1-n1c2ccccc2c2cc(C(F)(F)F)ccc21. The molecule has 0 saturated heterocycles. The summed E-state index contributed by atoms with van der Waals surface area (Å²) in [4.78, 5) is 10.1. The monoisotopic (exact) mass is 799 g/mol. The molecule has 0 saturated carbocycles. The summed E-state index contributed by atoms with van der Waals surface area (Å²) >= 11 is 0. The Morgan fingerprint density at radius 2 is 0.817 bits per heavy atom. The molecule has 10 aromatic rings. The van der Waals surface area contributed by atoms with Crippen LogP contribution in [0.15, 0.2) is 164 Å². The molecule has 0 amide bonds. The summed E-state index contributed by atoms with van der Waals surface area (Å²) in [5, 5.41) is 12.9. The molecule has 60 heavy (non-hydrogen) atoms. The second kappa shape index (κ2) is 13.7. The first-order valence-electron chi connectivity index (χ1n) is 18.8. The highest BCUT2D eigenvalue weighted by Gasteiger charge is 2.33. The van der Waals surface area contributed by atoms with Crippen molar-refractivity contribution in [2.45, 2.75) is 12.4 Å². The Hall–Kier alpha value is -7.71. The predicted molar refractivity (Wildman–Crippen MR) is 222 cm³/mol. The van der Waals surface area contributed by atoms with Gasteiger partial charge in [0.05, 0.1) is 56.0 Å². The van der Waals surface area contributed by atoms with Crippen LogP contribution in [0.3, 0.4) is 0 Å². The maximum Gasteiger partial charge on any atom is 0.416 e. The molecule has 0 atom stereocenters. The summed E-state index contributed by atoms with van der Waals surface area (Å²) in [5.41, 5.74) is 4.28. The number of nitriles is 1. The number of nitrogens with zero attached hydrogens (tertiary/aromatic N) is 5. The lowest BCUT2D eigenvalue weighted by Crippen LogP contribution is -2.07. The molecule has 7 aromatic carbocycles. The molecule has 3 heterocycles. The van der Waals surface area contributed by atoms with E-state index in [-0.39, 0.29) is 11.4 Å². The lowest BCUT2D eigenvalue weighted by atomic mass is 10.0. The molecule has 0 fully saturated rings. The Kier molecular flexibility index (Phi) is 8.36. The van der Waals surface area contributed by atoms with Crippen molar-refractivity contribution >= 4 is 43.6 Å². The topological polar surface area (TPSA) is 59.4 Å². The standard InChI is InChI=1S/C49H27F6N5/c50-48(51,52)32-19-21-43-36(25-32)34-15-7-9-17-41(34)59(43)45-23-31(47-57-39(29-11-3-1-4-12-29)27-40(58-47)30-13-5-2-6-14-30)24-46(38(45)28-56)60-42-18-10-8-16-35(42)37-26-33(49(53,54)55)20-22-44(37)60/h1-27H. The number of hydrogen-bond donors (Lipinski definition) is 0. The van der Waals surface area contributed by atoms with E-state index in [2.05, 4.69) is 6.07 Å². The maximum atomic E-state index is 14.1. The minimum atomic E-state index is -4.61. The van der Waals surface area contributed by atoms with E-state index in [1.165, 1.54) is 12.1 Å². The normalized spacial score (nSPS) is 12.2. The Morgan fingerprint density at radius 3 is 1.23 bits per heavy atom. The fourth-order valence-electron chi connectivity index (χ4n) is 8.12. The summed E-state index contributed by atoms with van der Waals surface area (Å²) < 4.78 is 88.4. The van der Waals surface area contributed by atoms with Gasteiger partial charge in [-0.05, 0) is 66.7 Å². The molecule has 0 aliphatic carbocycles. The van der Waals surface area contributed by atoms with Crippen molar-refractivity contribution in [3.05, 3.63) is 180 Å². The number of aromatic nitrogens is 4. The highest BCUT2D eigenvalue weighted by Crippen LogP contribution is 2.43. The molecule has 290 valence electrons. The van der Waals surface area contributed by atoms with Gasteiger partial charge in [0.2, 0.25) is 0 Å². The molecule has 0 aliphatic heterocycles. The first-order chi connectivity index (χ1) is 29.0. The van der Waals surface area contributed by atoms with E-state index in [1.807, 2.05) is 66.7 Å². The predicted octanol–water partition coefficient (Wildman–Crippen LogP) is 13.6. The van der Waals surface area contributed by atoms with Gasteiger partial charge in [-0.15, -0.1) is 0 Å². The van der Waals surface area contributed by atoms with Gasteiger partial charge in [-0.1, -0.05) is 97.1 Å². The van der Waals surface area contributed by atoms with Crippen LogP contribution in [0.5, 0.6) is 0 Å². The Balaban J connectivity index is 1.35. The largest absolute Gasteiger partial charge is 0.416 e. The zero-order valence-electron chi connectivity index (χ0n) is 31.1. The van der Waals surface area contributed by atoms with E-state index in [1.54, 1.807) is 69.8 Å². The minimum absolute atomic E-state index is 0.117. The van der Waals surface area contributed by atoms with Gasteiger partial charge in [-0.2, -0.15) is 31.6 Å². The van der Waals surface area contributed by atoms with Gasteiger partial charge in [0, 0.05) is 38.2 Å². The fourth-order valence-corrected chi connectivity index (χ4v) is 8.12. The van der Waals surface area contributed by atoms with E-state index in [4.69, 9.17) is 9.97 Å². The number of rotatable bonds is 5. The van der Waals surface area contributed by atoms with Crippen LogP contribution in [0.2, 0.25) is 0 Å². The molecule has 5 nitrogen and oxygen atoms in total. The van der Waals surface area contributed by atoms with Crippen LogP contribution in [0.1, 0.15) is 16.7 Å². The van der Waals surface area contributed by atoms with E-state index >= 15 is 0 Å². The molecule has 0 bridgehead atoms. The van der Waals surface area contributed by atoms with Crippen molar-refractivity contribution in [1.29, 1.82) is 5.26 Å². The van der Waals surface area contributed by atoms with Crippen molar-refractivity contribution in [3.8, 4) is 51.3 Å². The van der Waals surface area contributed by atoms with Crippen LogP contribution in [0.4, 0.5) is 26.3 Å². The van der Waals surface area contributed by atoms with Gasteiger partial charge >= 0.3 is 12.4 Å². The number of fused-ring (bicyclic) bond motifs is 6. The van der Waals surface area contributed by atoms with Crippen molar-refractivity contribution in [3.63, 3.8) is 0 Å². The first-order valence-corrected chi connectivity index (χ1v) is 18.8. The lowest BCUT2D eigenvalue weighted by Gasteiger charge is -2.18. The average molecular weight is 800 g/mol. The van der Waals surface area contributed by atoms with Gasteiger partial charge < -0.3 is 9.13 Å². The van der Waals surface area contributed by atoms with Gasteiger partial charge in [0.25, 0.3) is 0 Å². The Labute approximate surface area is 337 Å². The smallest absolute Gasteiger partial charge is 0.308 e. The molecule has 0 spiro atoms. The van der Waals surface area contributed by atoms with E-state index in [0.717, 1.165) is 35.4 Å². The Bertz CT molecular complexity index is 3150. The lowest BCUT2D eigenvalue weighted by molar-refractivity contribution is -0.138. The third-order valence-electron chi connectivity index (χ3n) is 10.8. The van der Waals surface area contributed by atoms with Gasteiger partial charge in [-0.3, -0.25) is 0 Å². The van der Waals surface area contributed by atoms with Crippen LogP contribution in [-0.4, -0.2) is 19.1 Å². The summed E-state index contributed by atoms with van der Waals surface area (Å²) in [5.74, 6) is 0.280. The van der Waals surface area contributed by atoms with Crippen LogP contribution < -0.4 is 0 Å². The molecule has 0 unspecified atom stereocenters. The number of halogens is 6. The summed E-state index contributed by atoms with van der Waals surface area (Å²) in [6.07, 6.45) is -9.22. The second-order valence-electron chi connectivity index (χ2n) is 14.4. The van der Waals surface area contributed by atoms with Gasteiger partial charge in [0.1, 0.15) is 11.6 Å². The van der Waals surface area contributed by atoms with Crippen molar-refractivity contribution < 1.29 is 26.3 Å². The zero-order valence-corrected chi connectivity index (χ0v) is 31.1. The molecule has 10 rings (SSSR count). The van der Waals surface area contributed by atoms with Crippen molar-refractivity contribution in [1.82, 2.24) is 19.1 Å². The number of hydrogen-bond acceptors (Lipinski definition) is 3. The quantitative estimate of drug-likeness (QED) is 0.163. The minimum Gasteiger partial charge on any atom is -0.308 e. The summed E-state index contributed by atoms with van der Waals surface area (Å²) in [6, 6.07) is 47.9. The van der Waals surface area contributed by atoms with Crippen LogP contribution in [0.25, 0.3) is 88.9 Å². The zero-order chi connectivity index (χ0) is 41.3. The first kappa shape index (κ1) is 36.6. The van der Waals surface area contributed by atoms with E-state index in [0.29, 0.717) is 71.9 Å². The molecular formula is C49H27F6N5. The molecule has 3 aromatic heterocycles. The highest BCUT2D eigenvalue weighted by molar-refractivity contribution is 6.11. The number of alkyl halides is 6. The number of benzene rings is 7. The summed E-state index contributed by atoms with van der Waals surface area (Å²) in [6.45, 7) is 0. The van der Waals surface area contributed by atoms with Crippen LogP contribution >= 0.6 is 0 Å². The van der Waals surface area contributed by atoms with Crippen LogP contribution in [-0.2, 0) is 12.4 Å². The molecule has 11 heteroatoms. The molecule has 0 radical (unpaired) electrons. The second-order valence-corrected chi connectivity index (χ2v) is 14.4. The molecular weight excluding hydrogens is 773 g/mol. The molecule has 0 aliphatic rings. The van der Waals surface area contributed by atoms with E-state index in [9.17, 15) is 31.6 Å². The Morgan fingerprint density at radius 1 is 0.417 bits per heavy atom. The summed E-state index contributed by atoms with van der Waals surface area (Å²) in [7, 11) is 0. The number of para-hydroxylation sites is 2. The van der Waals surface area contributed by atoms with Crippen molar-refractivity contribution in [2.24, 2.45) is 0 Å². The van der Waals surface area contributed by atoms with Gasteiger partial charge in [-0.25, -0.2) is 9.97 Å².